The molecule has 3 rings (SSSR count). The van der Waals surface area contributed by atoms with Crippen molar-refractivity contribution in [3.05, 3.63) is 23.8 Å². The number of amides is 2. The molecule has 1 aromatic heterocycles. The van der Waals surface area contributed by atoms with Crippen molar-refractivity contribution < 1.29 is 14.3 Å². The van der Waals surface area contributed by atoms with Crippen LogP contribution in [0.1, 0.15) is 23.2 Å². The summed E-state index contributed by atoms with van der Waals surface area (Å²) in [5, 5.41) is 10.6. The van der Waals surface area contributed by atoms with E-state index < -0.39 is 5.54 Å². The lowest BCUT2D eigenvalue weighted by Crippen LogP contribution is -2.59. The highest BCUT2D eigenvalue weighted by Crippen LogP contribution is 2.32. The van der Waals surface area contributed by atoms with Gasteiger partial charge in [-0.3, -0.25) is 9.59 Å². The molecule has 2 amide bonds. The fraction of sp³-hybridized carbons (Fsp3) is 0.500. The summed E-state index contributed by atoms with van der Waals surface area (Å²) < 4.78 is 6.89. The summed E-state index contributed by atoms with van der Waals surface area (Å²) in [4.78, 5) is 27.2. The highest BCUT2D eigenvalue weighted by Gasteiger charge is 2.49. The second-order valence-electron chi connectivity index (χ2n) is 6.02. The Morgan fingerprint density at radius 3 is 2.92 bits per heavy atom. The van der Waals surface area contributed by atoms with Gasteiger partial charge >= 0.3 is 0 Å². The number of methoxy groups -OCH3 is 1. The first-order valence-corrected chi connectivity index (χ1v) is 7.86. The number of nitrogens with one attached hydrogen (secondary N) is 1. The van der Waals surface area contributed by atoms with Gasteiger partial charge in [-0.25, -0.2) is 4.68 Å². The van der Waals surface area contributed by atoms with E-state index in [0.717, 1.165) is 17.5 Å². The Labute approximate surface area is 139 Å². The monoisotopic (exact) mass is 331 g/mol. The lowest BCUT2D eigenvalue weighted by atomic mass is 9.95. The first kappa shape index (κ1) is 16.4. The highest BCUT2D eigenvalue weighted by atomic mass is 16.5. The molecule has 0 bridgehead atoms. The van der Waals surface area contributed by atoms with Crippen molar-refractivity contribution in [1.82, 2.24) is 25.2 Å². The number of aryl methyl sites for hydroxylation is 1. The van der Waals surface area contributed by atoms with Gasteiger partial charge in [-0.05, 0) is 31.0 Å². The maximum atomic E-state index is 13.1. The van der Waals surface area contributed by atoms with Crippen LogP contribution in [0.5, 0.6) is 0 Å². The minimum atomic E-state index is -0.958. The number of carbonyl (C=O) groups excluding carboxylic acids is 2. The van der Waals surface area contributed by atoms with Gasteiger partial charge in [0.25, 0.3) is 5.91 Å². The van der Waals surface area contributed by atoms with Crippen molar-refractivity contribution in [3.63, 3.8) is 0 Å². The molecule has 1 fully saturated rings. The van der Waals surface area contributed by atoms with E-state index in [4.69, 9.17) is 4.74 Å². The van der Waals surface area contributed by atoms with Crippen molar-refractivity contribution in [2.45, 2.75) is 18.4 Å². The molecule has 128 valence electrons. The Bertz CT molecular complexity index is 787. The minimum absolute atomic E-state index is 0.175. The molecular formula is C16H21N5O3. The molecule has 1 aliphatic heterocycles. The van der Waals surface area contributed by atoms with Gasteiger partial charge in [-0.1, -0.05) is 5.21 Å². The Kier molecular flexibility index (Phi) is 4.23. The SMILES string of the molecule is CNC(=O)C1(COC)CCCN1C(=O)c1ccc2nnn(C)c2c1. The van der Waals surface area contributed by atoms with E-state index >= 15 is 0 Å². The normalized spacial score (nSPS) is 20.5. The molecule has 0 radical (unpaired) electrons. The Morgan fingerprint density at radius 1 is 1.42 bits per heavy atom. The van der Waals surface area contributed by atoms with Gasteiger partial charge < -0.3 is 15.0 Å². The molecule has 0 saturated carbocycles. The van der Waals surface area contributed by atoms with Crippen LogP contribution in [0.15, 0.2) is 18.2 Å². The molecule has 1 aliphatic rings. The van der Waals surface area contributed by atoms with E-state index in [1.165, 1.54) is 0 Å². The predicted molar refractivity (Wildman–Crippen MR) is 87.5 cm³/mol. The second-order valence-corrected chi connectivity index (χ2v) is 6.02. The standard InChI is InChI=1S/C16H21N5O3/c1-17-15(23)16(10-24-3)7-4-8-21(16)14(22)11-5-6-12-13(9-11)20(2)19-18-12/h5-6,9H,4,7-8,10H2,1-3H3,(H,17,23). The summed E-state index contributed by atoms with van der Waals surface area (Å²) in [7, 11) is 4.90. The van der Waals surface area contributed by atoms with E-state index in [1.54, 1.807) is 49.0 Å². The maximum Gasteiger partial charge on any atom is 0.254 e. The van der Waals surface area contributed by atoms with E-state index in [-0.39, 0.29) is 18.4 Å². The van der Waals surface area contributed by atoms with E-state index in [1.807, 2.05) is 0 Å². The third-order valence-corrected chi connectivity index (χ3v) is 4.62. The van der Waals surface area contributed by atoms with Gasteiger partial charge in [0.2, 0.25) is 5.91 Å². The molecule has 1 saturated heterocycles. The average Bonchev–Trinajstić information content (AvgIpc) is 3.18. The van der Waals surface area contributed by atoms with Crippen LogP contribution in [0.3, 0.4) is 0 Å². The number of rotatable bonds is 4. The van der Waals surface area contributed by atoms with Crippen LogP contribution in [0.2, 0.25) is 0 Å². The number of fused-ring (bicyclic) bond motifs is 1. The first-order valence-electron chi connectivity index (χ1n) is 7.86. The van der Waals surface area contributed by atoms with Crippen LogP contribution in [0, 0.1) is 0 Å². The van der Waals surface area contributed by atoms with E-state index in [9.17, 15) is 9.59 Å². The Hall–Kier alpha value is -2.48. The topological polar surface area (TPSA) is 89.3 Å². The molecule has 2 heterocycles. The number of nitrogens with zero attached hydrogens (tertiary/aromatic N) is 4. The summed E-state index contributed by atoms with van der Waals surface area (Å²) in [6.45, 7) is 0.700. The number of aromatic nitrogens is 3. The summed E-state index contributed by atoms with van der Waals surface area (Å²) in [6, 6.07) is 5.25. The molecular weight excluding hydrogens is 310 g/mol. The van der Waals surface area contributed by atoms with Crippen LogP contribution in [-0.4, -0.2) is 64.6 Å². The fourth-order valence-corrected chi connectivity index (χ4v) is 3.42. The van der Waals surface area contributed by atoms with Gasteiger partial charge in [0, 0.05) is 33.3 Å². The van der Waals surface area contributed by atoms with Crippen LogP contribution in [0.25, 0.3) is 11.0 Å². The molecule has 8 heteroatoms. The number of carbonyl (C=O) groups is 2. The average molecular weight is 331 g/mol. The van der Waals surface area contributed by atoms with E-state index in [0.29, 0.717) is 18.5 Å². The van der Waals surface area contributed by atoms with Gasteiger partial charge in [0.1, 0.15) is 11.1 Å². The number of ether oxygens (including phenoxy) is 1. The number of benzene rings is 1. The zero-order chi connectivity index (χ0) is 17.3. The quantitative estimate of drug-likeness (QED) is 0.872. The lowest BCUT2D eigenvalue weighted by molar-refractivity contribution is -0.133. The van der Waals surface area contributed by atoms with Crippen LogP contribution >= 0.6 is 0 Å². The molecule has 24 heavy (non-hydrogen) atoms. The van der Waals surface area contributed by atoms with Gasteiger partial charge in [-0.2, -0.15) is 0 Å². The third-order valence-electron chi connectivity index (χ3n) is 4.62. The lowest BCUT2D eigenvalue weighted by Gasteiger charge is -2.36. The van der Waals surface area contributed by atoms with Gasteiger partial charge in [-0.15, -0.1) is 5.10 Å². The largest absolute Gasteiger partial charge is 0.382 e. The van der Waals surface area contributed by atoms with Gasteiger partial charge in [0.05, 0.1) is 12.1 Å². The zero-order valence-electron chi connectivity index (χ0n) is 14.1. The highest BCUT2D eigenvalue weighted by molar-refractivity contribution is 6.01. The van der Waals surface area contributed by atoms with Crippen LogP contribution < -0.4 is 5.32 Å². The van der Waals surface area contributed by atoms with Crippen molar-refractivity contribution in [2.75, 3.05) is 27.3 Å². The molecule has 1 atom stereocenters. The minimum Gasteiger partial charge on any atom is -0.382 e. The predicted octanol–water partition coefficient (Wildman–Crippen LogP) is 0.335. The first-order chi connectivity index (χ1) is 11.5. The summed E-state index contributed by atoms with van der Waals surface area (Å²) in [5.41, 5.74) is 1.06. The van der Waals surface area contributed by atoms with Crippen LogP contribution in [-0.2, 0) is 16.6 Å². The molecule has 0 spiro atoms. The summed E-state index contributed by atoms with van der Waals surface area (Å²) in [6.07, 6.45) is 1.35. The van der Waals surface area contributed by atoms with Crippen molar-refractivity contribution in [3.8, 4) is 0 Å². The molecule has 2 aromatic rings. The van der Waals surface area contributed by atoms with Gasteiger partial charge in [0.15, 0.2) is 0 Å². The Morgan fingerprint density at radius 2 is 2.21 bits per heavy atom. The second kappa shape index (κ2) is 6.20. The van der Waals surface area contributed by atoms with Crippen molar-refractivity contribution in [1.29, 1.82) is 0 Å². The molecule has 8 nitrogen and oxygen atoms in total. The molecule has 1 aromatic carbocycles. The number of hydrogen-bond donors (Lipinski definition) is 1. The van der Waals surface area contributed by atoms with E-state index in [2.05, 4.69) is 15.6 Å². The summed E-state index contributed by atoms with van der Waals surface area (Å²) in [5.74, 6) is -0.380. The third kappa shape index (κ3) is 2.43. The zero-order valence-corrected chi connectivity index (χ0v) is 14.1. The van der Waals surface area contributed by atoms with Crippen molar-refractivity contribution >= 4 is 22.8 Å². The fourth-order valence-electron chi connectivity index (χ4n) is 3.42. The van der Waals surface area contributed by atoms with Crippen LogP contribution in [0.4, 0.5) is 0 Å². The number of likely N-dealkylation sites (N-methyl/N-ethyl adjacent to an activating group) is 1. The molecule has 1 N–H and O–H groups in total. The summed E-state index contributed by atoms with van der Waals surface area (Å²) >= 11 is 0. The molecule has 0 aliphatic carbocycles. The molecule has 1 unspecified atom stereocenters. The number of likely N-dealkylation sites (tertiary alicyclic amines) is 1. The van der Waals surface area contributed by atoms with Crippen molar-refractivity contribution in [2.24, 2.45) is 7.05 Å². The maximum absolute atomic E-state index is 13.1. The number of hydrogen-bond acceptors (Lipinski definition) is 5. The Balaban J connectivity index is 1.99. The smallest absolute Gasteiger partial charge is 0.254 e.